The number of fused-ring (bicyclic) bond motifs is 3. The molecule has 120 valence electrons. The van der Waals surface area contributed by atoms with Gasteiger partial charge in [-0.25, -0.2) is 8.42 Å². The van der Waals surface area contributed by atoms with Crippen molar-refractivity contribution in [3.63, 3.8) is 0 Å². The SMILES string of the molecule is CC(C(=O)N1Cc2ccccc2-c2ccccc2C1)S(C)(=O)=O. The highest BCUT2D eigenvalue weighted by atomic mass is 32.2. The molecule has 23 heavy (non-hydrogen) atoms. The minimum atomic E-state index is -3.41. The molecule has 2 aromatic carbocycles. The van der Waals surface area contributed by atoms with Gasteiger partial charge in [0.1, 0.15) is 5.25 Å². The van der Waals surface area contributed by atoms with Crippen molar-refractivity contribution in [1.29, 1.82) is 0 Å². The Bertz CT molecular complexity index is 811. The molecule has 1 aliphatic heterocycles. The molecule has 1 unspecified atom stereocenters. The van der Waals surface area contributed by atoms with Crippen LogP contribution in [0.25, 0.3) is 11.1 Å². The number of hydrogen-bond acceptors (Lipinski definition) is 3. The van der Waals surface area contributed by atoms with Crippen molar-refractivity contribution >= 4 is 15.7 Å². The molecule has 0 saturated carbocycles. The summed E-state index contributed by atoms with van der Waals surface area (Å²) >= 11 is 0. The average Bonchev–Trinajstić information content (AvgIpc) is 2.69. The molecule has 0 aromatic heterocycles. The zero-order valence-corrected chi connectivity index (χ0v) is 14.0. The van der Waals surface area contributed by atoms with Gasteiger partial charge in [0.05, 0.1) is 0 Å². The van der Waals surface area contributed by atoms with Crippen molar-refractivity contribution in [1.82, 2.24) is 4.90 Å². The summed E-state index contributed by atoms with van der Waals surface area (Å²) in [5.41, 5.74) is 4.27. The second-order valence-corrected chi connectivity index (χ2v) is 8.35. The molecule has 0 bridgehead atoms. The van der Waals surface area contributed by atoms with Crippen molar-refractivity contribution in [2.75, 3.05) is 6.26 Å². The van der Waals surface area contributed by atoms with E-state index >= 15 is 0 Å². The van der Waals surface area contributed by atoms with E-state index in [1.54, 1.807) is 4.90 Å². The fourth-order valence-electron chi connectivity index (χ4n) is 2.91. The topological polar surface area (TPSA) is 54.5 Å². The summed E-state index contributed by atoms with van der Waals surface area (Å²) in [4.78, 5) is 14.3. The zero-order chi connectivity index (χ0) is 16.6. The number of benzene rings is 2. The highest BCUT2D eigenvalue weighted by molar-refractivity contribution is 7.92. The van der Waals surface area contributed by atoms with E-state index in [1.807, 2.05) is 48.5 Å². The first-order chi connectivity index (χ1) is 10.9. The third-order valence-corrected chi connectivity index (χ3v) is 5.84. The van der Waals surface area contributed by atoms with Crippen LogP contribution in [-0.2, 0) is 27.7 Å². The molecule has 0 saturated heterocycles. The summed E-state index contributed by atoms with van der Waals surface area (Å²) in [6.07, 6.45) is 1.11. The van der Waals surface area contributed by atoms with Crippen LogP contribution in [0.1, 0.15) is 18.1 Å². The van der Waals surface area contributed by atoms with Gasteiger partial charge in [-0.1, -0.05) is 48.5 Å². The minimum absolute atomic E-state index is 0.348. The summed E-state index contributed by atoms with van der Waals surface area (Å²) < 4.78 is 23.5. The van der Waals surface area contributed by atoms with Crippen molar-refractivity contribution in [3.8, 4) is 11.1 Å². The molecule has 1 atom stereocenters. The second-order valence-electron chi connectivity index (χ2n) is 5.98. The largest absolute Gasteiger partial charge is 0.333 e. The van der Waals surface area contributed by atoms with Crippen LogP contribution in [0.4, 0.5) is 0 Å². The number of amides is 1. The van der Waals surface area contributed by atoms with Crippen LogP contribution in [0.3, 0.4) is 0 Å². The van der Waals surface area contributed by atoms with Crippen LogP contribution in [0, 0.1) is 0 Å². The number of hydrogen-bond donors (Lipinski definition) is 0. The van der Waals surface area contributed by atoms with E-state index in [-0.39, 0.29) is 5.91 Å². The molecule has 1 aliphatic rings. The maximum atomic E-state index is 12.7. The fourth-order valence-corrected chi connectivity index (χ4v) is 3.42. The van der Waals surface area contributed by atoms with Crippen LogP contribution in [0.15, 0.2) is 48.5 Å². The van der Waals surface area contributed by atoms with Gasteiger partial charge in [-0.2, -0.15) is 0 Å². The molecule has 0 aliphatic carbocycles. The van der Waals surface area contributed by atoms with Gasteiger partial charge in [0, 0.05) is 19.3 Å². The summed E-state index contributed by atoms with van der Waals surface area (Å²) in [5, 5.41) is -1.03. The van der Waals surface area contributed by atoms with E-state index in [0.717, 1.165) is 28.5 Å². The molecule has 0 N–H and O–H groups in total. The first-order valence-electron chi connectivity index (χ1n) is 7.52. The number of rotatable bonds is 2. The second kappa shape index (κ2) is 5.81. The first kappa shape index (κ1) is 15.7. The van der Waals surface area contributed by atoms with Gasteiger partial charge in [0.15, 0.2) is 9.84 Å². The smallest absolute Gasteiger partial charge is 0.241 e. The summed E-state index contributed by atoms with van der Waals surface area (Å²) in [6.45, 7) is 2.30. The lowest BCUT2D eigenvalue weighted by Gasteiger charge is -2.24. The third-order valence-electron chi connectivity index (χ3n) is 4.35. The lowest BCUT2D eigenvalue weighted by Crippen LogP contribution is -2.40. The highest BCUT2D eigenvalue weighted by Gasteiger charge is 2.30. The quantitative estimate of drug-likeness (QED) is 0.851. The lowest BCUT2D eigenvalue weighted by molar-refractivity contribution is -0.131. The molecule has 1 heterocycles. The Balaban J connectivity index is 2.07. The normalized spacial score (nSPS) is 15.3. The van der Waals surface area contributed by atoms with Crippen molar-refractivity contribution in [2.45, 2.75) is 25.3 Å². The zero-order valence-electron chi connectivity index (χ0n) is 13.2. The molecule has 0 radical (unpaired) electrons. The summed E-state index contributed by atoms with van der Waals surface area (Å²) in [7, 11) is -3.41. The van der Waals surface area contributed by atoms with Gasteiger partial charge in [0.25, 0.3) is 0 Å². The number of carbonyl (C=O) groups is 1. The molecule has 1 amide bonds. The molecule has 4 nitrogen and oxygen atoms in total. The van der Waals surface area contributed by atoms with Crippen molar-refractivity contribution in [2.24, 2.45) is 0 Å². The van der Waals surface area contributed by atoms with Gasteiger partial charge < -0.3 is 4.90 Å². The van der Waals surface area contributed by atoms with E-state index in [1.165, 1.54) is 6.92 Å². The monoisotopic (exact) mass is 329 g/mol. The Kier molecular flexibility index (Phi) is 3.98. The van der Waals surface area contributed by atoms with Crippen LogP contribution < -0.4 is 0 Å². The van der Waals surface area contributed by atoms with E-state index in [0.29, 0.717) is 13.1 Å². The Labute approximate surface area is 136 Å². The maximum absolute atomic E-state index is 12.7. The van der Waals surface area contributed by atoms with Crippen LogP contribution in [0.2, 0.25) is 0 Å². The van der Waals surface area contributed by atoms with E-state index in [2.05, 4.69) is 0 Å². The van der Waals surface area contributed by atoms with Crippen LogP contribution in [0.5, 0.6) is 0 Å². The number of carbonyl (C=O) groups excluding carboxylic acids is 1. The standard InChI is InChI=1S/C18H19NO3S/c1-13(23(2,21)22)18(20)19-11-14-7-3-5-9-16(14)17-10-6-4-8-15(17)12-19/h3-10,13H,11-12H2,1-2H3. The highest BCUT2D eigenvalue weighted by Crippen LogP contribution is 2.32. The molecular formula is C18H19NO3S. The van der Waals surface area contributed by atoms with Gasteiger partial charge in [-0.3, -0.25) is 4.79 Å². The minimum Gasteiger partial charge on any atom is -0.333 e. The first-order valence-corrected chi connectivity index (χ1v) is 9.47. The molecule has 2 aromatic rings. The Hall–Kier alpha value is -2.14. The molecule has 0 fully saturated rings. The van der Waals surface area contributed by atoms with Gasteiger partial charge in [0.2, 0.25) is 5.91 Å². The molecule has 3 rings (SSSR count). The summed E-state index contributed by atoms with van der Waals surface area (Å²) in [5.74, 6) is -0.348. The van der Waals surface area contributed by atoms with Gasteiger partial charge >= 0.3 is 0 Å². The third kappa shape index (κ3) is 3.01. The molecule has 5 heteroatoms. The Morgan fingerprint density at radius 1 is 0.957 bits per heavy atom. The predicted octanol–water partition coefficient (Wildman–Crippen LogP) is 2.63. The van der Waals surface area contributed by atoms with E-state index < -0.39 is 15.1 Å². The molecule has 0 spiro atoms. The number of sulfone groups is 1. The van der Waals surface area contributed by atoms with E-state index in [4.69, 9.17) is 0 Å². The maximum Gasteiger partial charge on any atom is 0.241 e. The number of nitrogens with zero attached hydrogens (tertiary/aromatic N) is 1. The van der Waals surface area contributed by atoms with Crippen LogP contribution >= 0.6 is 0 Å². The van der Waals surface area contributed by atoms with Crippen LogP contribution in [-0.4, -0.2) is 30.7 Å². The van der Waals surface area contributed by atoms with Crippen molar-refractivity contribution < 1.29 is 13.2 Å². The van der Waals surface area contributed by atoms with Gasteiger partial charge in [-0.15, -0.1) is 0 Å². The van der Waals surface area contributed by atoms with E-state index in [9.17, 15) is 13.2 Å². The molecular weight excluding hydrogens is 310 g/mol. The predicted molar refractivity (Wildman–Crippen MR) is 90.4 cm³/mol. The average molecular weight is 329 g/mol. The fraction of sp³-hybridized carbons (Fsp3) is 0.278. The lowest BCUT2D eigenvalue weighted by atomic mass is 9.97. The summed E-state index contributed by atoms with van der Waals surface area (Å²) in [6, 6.07) is 15.9. The Morgan fingerprint density at radius 3 is 1.83 bits per heavy atom. The Morgan fingerprint density at radius 2 is 1.39 bits per heavy atom. The van der Waals surface area contributed by atoms with Crippen molar-refractivity contribution in [3.05, 3.63) is 59.7 Å². The van der Waals surface area contributed by atoms with Gasteiger partial charge in [-0.05, 0) is 29.2 Å².